The number of fused-ring (bicyclic) bond motifs is 6. The number of rotatable bonds is 4. The highest BCUT2D eigenvalue weighted by Gasteiger charge is 2.46. The first-order chi connectivity index (χ1) is 24.2. The molecule has 0 amide bonds. The van der Waals surface area contributed by atoms with Crippen LogP contribution < -0.4 is 20.7 Å². The van der Waals surface area contributed by atoms with Crippen molar-refractivity contribution in [1.82, 2.24) is 10.6 Å². The number of benzene rings is 1. The van der Waals surface area contributed by atoms with E-state index in [-0.39, 0.29) is 6.10 Å². The molecule has 1 saturated carbocycles. The number of allylic oxidation sites excluding steroid dienone is 14. The van der Waals surface area contributed by atoms with Gasteiger partial charge in [0.15, 0.2) is 0 Å². The van der Waals surface area contributed by atoms with E-state index in [1.54, 1.807) is 22.3 Å². The Hall–Kier alpha value is -3.44. The number of hydrogen-bond acceptors (Lipinski definition) is 3. The second-order valence-electron chi connectivity index (χ2n) is 16.3. The standard InChI is InChI=1S/C45H51N3O/c1-2-9-31(10-3-1)43-46-44(48-45(47-43)36-21-16-28-8-4-5-11-33(28)27-36)32-18-14-29(15-19-32)34-22-24-37-35(26-34)20-17-30-23-25-40-42(41(30)37)38-12-6-7-13-39(38)49-40/h1-2,5-7,11-18,20-21,23,25,31-32,34-37,40,42-48H,3-4,8-10,19,22,24,26-27H2/p+1. The van der Waals surface area contributed by atoms with Crippen molar-refractivity contribution in [3.63, 3.8) is 0 Å². The third-order valence-corrected chi connectivity index (χ3v) is 13.6. The molecule has 11 unspecified atom stereocenters. The normalized spacial score (nSPS) is 40.2. The van der Waals surface area contributed by atoms with Crippen LogP contribution in [0.15, 0.2) is 131 Å². The molecular weight excluding hydrogens is 599 g/mol. The average molecular weight is 651 g/mol. The first kappa shape index (κ1) is 30.4. The summed E-state index contributed by atoms with van der Waals surface area (Å²) in [5.41, 5.74) is 9.22. The largest absolute Gasteiger partial charge is 0.485 e. The highest BCUT2D eigenvalue weighted by molar-refractivity contribution is 5.56. The highest BCUT2D eigenvalue weighted by Crippen LogP contribution is 2.55. The molecule has 0 spiro atoms. The SMILES string of the molecule is C1=CC2=C(C=CC(C3NC(C4C=CC(C5CCC6C7=C(C=CC6C5)C=CC5Oc6ccccc6C75)=CC4)NC(C4CC=CCC4)[NH2+]3)C2)CC1. The van der Waals surface area contributed by atoms with E-state index in [0.717, 1.165) is 12.2 Å². The van der Waals surface area contributed by atoms with Crippen molar-refractivity contribution in [2.75, 3.05) is 0 Å². The quantitative estimate of drug-likeness (QED) is 0.292. The lowest BCUT2D eigenvalue weighted by Crippen LogP contribution is -3.07. The smallest absolute Gasteiger partial charge is 0.148 e. The predicted octanol–water partition coefficient (Wildman–Crippen LogP) is 7.82. The molecule has 10 rings (SSSR count). The Labute approximate surface area is 292 Å². The fourth-order valence-electron chi connectivity index (χ4n) is 11.0. The molecule has 0 radical (unpaired) electrons. The number of nitrogens with two attached hydrogens (primary N) is 1. The Kier molecular flexibility index (Phi) is 7.88. The van der Waals surface area contributed by atoms with E-state index in [9.17, 15) is 0 Å². The van der Waals surface area contributed by atoms with Gasteiger partial charge >= 0.3 is 0 Å². The second kappa shape index (κ2) is 12.7. The van der Waals surface area contributed by atoms with Gasteiger partial charge in [0.25, 0.3) is 0 Å². The van der Waals surface area contributed by atoms with Gasteiger partial charge in [0.05, 0.1) is 12.1 Å². The summed E-state index contributed by atoms with van der Waals surface area (Å²) in [7, 11) is 0. The Bertz CT molecular complexity index is 1770. The van der Waals surface area contributed by atoms with Crippen molar-refractivity contribution in [1.29, 1.82) is 0 Å². The predicted molar refractivity (Wildman–Crippen MR) is 197 cm³/mol. The van der Waals surface area contributed by atoms with Gasteiger partial charge in [0.2, 0.25) is 0 Å². The van der Waals surface area contributed by atoms with Crippen molar-refractivity contribution in [2.24, 2.45) is 35.5 Å². The van der Waals surface area contributed by atoms with Crippen LogP contribution in [0.1, 0.15) is 75.7 Å². The fraction of sp³-hybridized carbons (Fsp3) is 0.467. The average Bonchev–Trinajstić information content (AvgIpc) is 3.56. The van der Waals surface area contributed by atoms with Crippen LogP contribution in [0.3, 0.4) is 0 Å². The van der Waals surface area contributed by atoms with E-state index in [1.165, 1.54) is 68.9 Å². The lowest BCUT2D eigenvalue weighted by molar-refractivity contribution is -0.752. The zero-order valence-corrected chi connectivity index (χ0v) is 28.7. The van der Waals surface area contributed by atoms with Crippen LogP contribution in [0.5, 0.6) is 5.75 Å². The minimum Gasteiger partial charge on any atom is -0.485 e. The molecule has 4 nitrogen and oxygen atoms in total. The van der Waals surface area contributed by atoms with Crippen LogP contribution in [-0.2, 0) is 0 Å². The Morgan fingerprint density at radius 2 is 1.63 bits per heavy atom. The third-order valence-electron chi connectivity index (χ3n) is 13.6. The van der Waals surface area contributed by atoms with Gasteiger partial charge in [-0.2, -0.15) is 0 Å². The summed E-state index contributed by atoms with van der Waals surface area (Å²) in [4.78, 5) is 0. The maximum absolute atomic E-state index is 6.43. The van der Waals surface area contributed by atoms with Crippen molar-refractivity contribution < 1.29 is 10.1 Å². The molecule has 1 saturated heterocycles. The molecular formula is C45H52N3O+. The maximum atomic E-state index is 6.43. The van der Waals surface area contributed by atoms with Crippen molar-refractivity contribution >= 4 is 0 Å². The monoisotopic (exact) mass is 650 g/mol. The molecule has 1 aromatic carbocycles. The molecule has 4 N–H and O–H groups in total. The number of ether oxygens (including phenoxy) is 1. The van der Waals surface area contributed by atoms with E-state index in [2.05, 4.69) is 119 Å². The molecule has 2 heterocycles. The summed E-state index contributed by atoms with van der Waals surface area (Å²) >= 11 is 0. The fourth-order valence-corrected chi connectivity index (χ4v) is 11.0. The van der Waals surface area contributed by atoms with Gasteiger partial charge in [-0.05, 0) is 122 Å². The van der Waals surface area contributed by atoms with Crippen LogP contribution in [0, 0.1) is 35.5 Å². The summed E-state index contributed by atoms with van der Waals surface area (Å²) in [6, 6.07) is 8.75. The molecule has 1 aromatic rings. The van der Waals surface area contributed by atoms with Crippen LogP contribution >= 0.6 is 0 Å². The van der Waals surface area contributed by atoms with Gasteiger partial charge in [-0.3, -0.25) is 10.6 Å². The van der Waals surface area contributed by atoms with Gasteiger partial charge < -0.3 is 10.1 Å². The van der Waals surface area contributed by atoms with Gasteiger partial charge in [-0.1, -0.05) is 91.1 Å². The third kappa shape index (κ3) is 5.55. The first-order valence-corrected chi connectivity index (χ1v) is 19.6. The van der Waals surface area contributed by atoms with Gasteiger partial charge in [0.1, 0.15) is 24.2 Å². The number of quaternary nitrogens is 1. The van der Waals surface area contributed by atoms with E-state index in [4.69, 9.17) is 4.74 Å². The van der Waals surface area contributed by atoms with E-state index < -0.39 is 0 Å². The van der Waals surface area contributed by atoms with Gasteiger partial charge in [0, 0.05) is 23.3 Å². The number of nitrogens with one attached hydrogen (secondary N) is 2. The molecule has 0 bridgehead atoms. The summed E-state index contributed by atoms with van der Waals surface area (Å²) in [6.45, 7) is 0. The van der Waals surface area contributed by atoms with Crippen LogP contribution in [0.2, 0.25) is 0 Å². The van der Waals surface area contributed by atoms with E-state index in [1.807, 2.05) is 0 Å². The molecule has 0 aromatic heterocycles. The molecule has 49 heavy (non-hydrogen) atoms. The maximum Gasteiger partial charge on any atom is 0.148 e. The van der Waals surface area contributed by atoms with E-state index >= 15 is 0 Å². The summed E-state index contributed by atoms with van der Waals surface area (Å²) in [6.07, 6.45) is 45.4. The molecule has 2 fully saturated rings. The van der Waals surface area contributed by atoms with Crippen LogP contribution in [0.4, 0.5) is 0 Å². The minimum atomic E-state index is 0.156. The second-order valence-corrected chi connectivity index (χ2v) is 16.3. The van der Waals surface area contributed by atoms with Crippen LogP contribution in [0.25, 0.3) is 0 Å². The lowest BCUT2D eigenvalue weighted by Gasteiger charge is -2.45. The van der Waals surface area contributed by atoms with Gasteiger partial charge in [-0.25, -0.2) is 0 Å². The highest BCUT2D eigenvalue weighted by atomic mass is 16.5. The minimum absolute atomic E-state index is 0.156. The van der Waals surface area contributed by atoms with Crippen molar-refractivity contribution in [3.05, 3.63) is 137 Å². The summed E-state index contributed by atoms with van der Waals surface area (Å²) in [5.74, 6) is 5.06. The number of hydrogen-bond donors (Lipinski definition) is 3. The number of para-hydroxylation sites is 1. The zero-order valence-electron chi connectivity index (χ0n) is 28.7. The molecule has 252 valence electrons. The molecule has 9 aliphatic rings. The van der Waals surface area contributed by atoms with Crippen molar-refractivity contribution in [2.45, 2.75) is 94.7 Å². The van der Waals surface area contributed by atoms with Crippen LogP contribution in [-0.4, -0.2) is 24.6 Å². The summed E-state index contributed by atoms with van der Waals surface area (Å²) in [5, 5.41) is 10.9. The first-order valence-electron chi connectivity index (χ1n) is 19.6. The van der Waals surface area contributed by atoms with Crippen molar-refractivity contribution in [3.8, 4) is 5.75 Å². The topological polar surface area (TPSA) is 49.9 Å². The summed E-state index contributed by atoms with van der Waals surface area (Å²) < 4.78 is 6.43. The molecule has 7 aliphatic carbocycles. The zero-order chi connectivity index (χ0) is 32.3. The Balaban J connectivity index is 0.826. The lowest BCUT2D eigenvalue weighted by atomic mass is 9.61. The molecule has 4 heteroatoms. The Morgan fingerprint density at radius 1 is 0.735 bits per heavy atom. The molecule has 2 aliphatic heterocycles. The molecule has 11 atom stereocenters. The van der Waals surface area contributed by atoms with E-state index in [0.29, 0.717) is 59.9 Å². The van der Waals surface area contributed by atoms with Gasteiger partial charge in [-0.15, -0.1) is 0 Å². The Morgan fingerprint density at radius 3 is 2.55 bits per heavy atom.